The van der Waals surface area contributed by atoms with Crippen LogP contribution >= 0.6 is 0 Å². The van der Waals surface area contributed by atoms with Crippen molar-refractivity contribution < 1.29 is 8.42 Å². The predicted octanol–water partition coefficient (Wildman–Crippen LogP) is 1.87. The van der Waals surface area contributed by atoms with E-state index in [0.717, 1.165) is 38.3 Å². The van der Waals surface area contributed by atoms with Crippen LogP contribution in [0.3, 0.4) is 0 Å². The second-order valence-corrected chi connectivity index (χ2v) is 7.66. The summed E-state index contributed by atoms with van der Waals surface area (Å²) >= 11 is 0. The topological polar surface area (TPSA) is 64.7 Å². The molecule has 2 N–H and O–H groups in total. The first-order valence-electron chi connectivity index (χ1n) is 8.28. The molecule has 1 saturated heterocycles. The quantitative estimate of drug-likeness (QED) is 0.795. The molecule has 0 amide bonds. The fraction of sp³-hybridized carbons (Fsp3) is 0.625. The van der Waals surface area contributed by atoms with Gasteiger partial charge in [-0.25, -0.2) is 0 Å². The highest BCUT2D eigenvalue weighted by Gasteiger charge is 2.19. The molecule has 0 saturated carbocycles. The van der Waals surface area contributed by atoms with E-state index in [1.54, 1.807) is 0 Å². The third kappa shape index (κ3) is 5.37. The minimum atomic E-state index is -3.47. The summed E-state index contributed by atoms with van der Waals surface area (Å²) in [5.74, 6) is 0. The van der Waals surface area contributed by atoms with Gasteiger partial charge in [-0.3, -0.25) is 9.62 Å². The van der Waals surface area contributed by atoms with Crippen LogP contribution in [-0.2, 0) is 10.2 Å². The number of hydrogen-bond acceptors (Lipinski definition) is 4. The van der Waals surface area contributed by atoms with Gasteiger partial charge >= 0.3 is 0 Å². The van der Waals surface area contributed by atoms with Gasteiger partial charge in [-0.2, -0.15) is 13.1 Å². The van der Waals surface area contributed by atoms with E-state index in [1.165, 1.54) is 0 Å². The van der Waals surface area contributed by atoms with Gasteiger partial charge in [-0.05, 0) is 44.5 Å². The first-order chi connectivity index (χ1) is 10.9. The molecule has 1 aliphatic rings. The molecule has 2 rings (SSSR count). The molecule has 0 spiro atoms. The summed E-state index contributed by atoms with van der Waals surface area (Å²) in [4.78, 5) is 4.81. The zero-order chi connectivity index (χ0) is 16.9. The van der Waals surface area contributed by atoms with Crippen LogP contribution in [0.4, 0.5) is 11.4 Å². The number of nitrogens with one attached hydrogen (secondary N) is 2. The summed E-state index contributed by atoms with van der Waals surface area (Å²) in [6.45, 7) is 10.9. The third-order valence-corrected chi connectivity index (χ3v) is 5.16. The highest BCUT2D eigenvalue weighted by atomic mass is 32.2. The smallest absolute Gasteiger partial charge is 0.299 e. The molecule has 0 aliphatic carbocycles. The summed E-state index contributed by atoms with van der Waals surface area (Å²) in [6.07, 6.45) is 0.766. The lowest BCUT2D eigenvalue weighted by Gasteiger charge is -2.38. The molecule has 0 bridgehead atoms. The molecule has 1 fully saturated rings. The highest BCUT2D eigenvalue weighted by Crippen LogP contribution is 2.20. The summed E-state index contributed by atoms with van der Waals surface area (Å²) in [5.41, 5.74) is 1.72. The van der Waals surface area contributed by atoms with Gasteiger partial charge in [0.25, 0.3) is 10.2 Å². The Kier molecular flexibility index (Phi) is 6.26. The lowest BCUT2D eigenvalue weighted by molar-refractivity contribution is 0.209. The molecule has 1 aromatic rings. The van der Waals surface area contributed by atoms with E-state index in [9.17, 15) is 8.42 Å². The Balaban J connectivity index is 1.92. The molecule has 1 aliphatic heterocycles. The van der Waals surface area contributed by atoms with Crippen molar-refractivity contribution in [3.63, 3.8) is 0 Å². The maximum atomic E-state index is 11.8. The highest BCUT2D eigenvalue weighted by molar-refractivity contribution is 7.90. The molecule has 0 radical (unpaired) electrons. The summed E-state index contributed by atoms with van der Waals surface area (Å²) in [5, 5.41) is 0. The summed E-state index contributed by atoms with van der Waals surface area (Å²) in [6, 6.07) is 8.17. The molecule has 0 unspecified atom stereocenters. The average molecular weight is 340 g/mol. The van der Waals surface area contributed by atoms with Crippen LogP contribution in [0.25, 0.3) is 0 Å². The van der Waals surface area contributed by atoms with E-state index >= 15 is 0 Å². The van der Waals surface area contributed by atoms with Gasteiger partial charge in [0.1, 0.15) is 0 Å². The van der Waals surface area contributed by atoms with Crippen molar-refractivity contribution in [2.24, 2.45) is 0 Å². The Morgan fingerprint density at radius 1 is 1.09 bits per heavy atom. The SMILES string of the molecule is CCCNS(=O)(=O)Nc1ccc(N2CCN(C(C)C)CC2)cc1. The van der Waals surface area contributed by atoms with Gasteiger partial charge in [0.05, 0.1) is 0 Å². The number of piperazine rings is 1. The molecule has 7 heteroatoms. The largest absolute Gasteiger partial charge is 0.369 e. The second kappa shape index (κ2) is 7.99. The van der Waals surface area contributed by atoms with E-state index in [0.29, 0.717) is 18.3 Å². The van der Waals surface area contributed by atoms with E-state index in [-0.39, 0.29) is 0 Å². The molecule has 6 nitrogen and oxygen atoms in total. The van der Waals surface area contributed by atoms with Crippen molar-refractivity contribution in [3.05, 3.63) is 24.3 Å². The van der Waals surface area contributed by atoms with Crippen LogP contribution in [0.5, 0.6) is 0 Å². The maximum Gasteiger partial charge on any atom is 0.299 e. The van der Waals surface area contributed by atoms with Gasteiger partial charge in [-0.1, -0.05) is 6.92 Å². The molecular formula is C16H28N4O2S. The number of rotatable bonds is 7. The number of nitrogens with zero attached hydrogens (tertiary/aromatic N) is 2. The Hall–Kier alpha value is -1.31. The second-order valence-electron chi connectivity index (χ2n) is 6.16. The Morgan fingerprint density at radius 2 is 1.70 bits per heavy atom. The zero-order valence-corrected chi connectivity index (χ0v) is 15.1. The van der Waals surface area contributed by atoms with Crippen molar-refractivity contribution >= 4 is 21.6 Å². The van der Waals surface area contributed by atoms with Crippen LogP contribution in [0.15, 0.2) is 24.3 Å². The van der Waals surface area contributed by atoms with Crippen molar-refractivity contribution in [2.45, 2.75) is 33.2 Å². The van der Waals surface area contributed by atoms with Gasteiger partial charge in [0.2, 0.25) is 0 Å². The fourth-order valence-electron chi connectivity index (χ4n) is 2.66. The van der Waals surface area contributed by atoms with Crippen molar-refractivity contribution in [1.82, 2.24) is 9.62 Å². The van der Waals surface area contributed by atoms with E-state index in [4.69, 9.17) is 0 Å². The van der Waals surface area contributed by atoms with Crippen LogP contribution in [0.2, 0.25) is 0 Å². The van der Waals surface area contributed by atoms with Crippen LogP contribution in [-0.4, -0.2) is 52.1 Å². The van der Waals surface area contributed by atoms with Gasteiger partial charge in [0.15, 0.2) is 0 Å². The summed E-state index contributed by atoms with van der Waals surface area (Å²) in [7, 11) is -3.47. The molecule has 23 heavy (non-hydrogen) atoms. The van der Waals surface area contributed by atoms with E-state index < -0.39 is 10.2 Å². The van der Waals surface area contributed by atoms with Crippen molar-refractivity contribution in [3.8, 4) is 0 Å². The average Bonchev–Trinajstić information content (AvgIpc) is 2.53. The van der Waals surface area contributed by atoms with Crippen LogP contribution in [0.1, 0.15) is 27.2 Å². The van der Waals surface area contributed by atoms with Gasteiger partial charge in [-0.15, -0.1) is 0 Å². The molecule has 0 atom stereocenters. The standard InChI is InChI=1S/C16H28N4O2S/c1-4-9-17-23(21,22)18-15-5-7-16(8-6-15)20-12-10-19(11-13-20)14(2)3/h5-8,14,17-18H,4,9-13H2,1-3H3. The number of anilines is 2. The van der Waals surface area contributed by atoms with Crippen molar-refractivity contribution in [1.29, 1.82) is 0 Å². The molecule has 1 aromatic carbocycles. The van der Waals surface area contributed by atoms with E-state index in [1.807, 2.05) is 31.2 Å². The van der Waals surface area contributed by atoms with Crippen LogP contribution < -0.4 is 14.3 Å². The Morgan fingerprint density at radius 3 is 2.22 bits per heavy atom. The molecule has 1 heterocycles. The van der Waals surface area contributed by atoms with Crippen LogP contribution in [0, 0.1) is 0 Å². The molecular weight excluding hydrogens is 312 g/mol. The lowest BCUT2D eigenvalue weighted by atomic mass is 10.2. The van der Waals surface area contributed by atoms with Crippen molar-refractivity contribution in [2.75, 3.05) is 42.3 Å². The fourth-order valence-corrected chi connectivity index (χ4v) is 3.66. The lowest BCUT2D eigenvalue weighted by Crippen LogP contribution is -2.48. The minimum absolute atomic E-state index is 0.438. The summed E-state index contributed by atoms with van der Waals surface area (Å²) < 4.78 is 28.6. The molecule has 130 valence electrons. The van der Waals surface area contributed by atoms with E-state index in [2.05, 4.69) is 33.1 Å². The van der Waals surface area contributed by atoms with Gasteiger partial charge < -0.3 is 4.90 Å². The monoisotopic (exact) mass is 340 g/mol. The third-order valence-electron chi connectivity index (χ3n) is 4.07. The first kappa shape index (κ1) is 18.0. The number of benzene rings is 1. The minimum Gasteiger partial charge on any atom is -0.369 e. The Labute approximate surface area is 140 Å². The van der Waals surface area contributed by atoms with Gasteiger partial charge in [0, 0.05) is 50.1 Å². The molecule has 0 aromatic heterocycles. The first-order valence-corrected chi connectivity index (χ1v) is 9.76. The predicted molar refractivity (Wildman–Crippen MR) is 96.2 cm³/mol. The zero-order valence-electron chi connectivity index (χ0n) is 14.2. The normalized spacial score (nSPS) is 16.8. The number of hydrogen-bond donors (Lipinski definition) is 2. The maximum absolute atomic E-state index is 11.8. The Bertz CT molecular complexity index is 579.